The van der Waals surface area contributed by atoms with Gasteiger partial charge in [0.25, 0.3) is 0 Å². The first kappa shape index (κ1) is 30.2. The zero-order chi connectivity index (χ0) is 35.3. The molecule has 0 saturated carbocycles. The Labute approximate surface area is 310 Å². The molecule has 0 atom stereocenters. The van der Waals surface area contributed by atoms with Crippen molar-refractivity contribution in [1.29, 1.82) is 0 Å². The molecule has 0 spiro atoms. The number of aromatic nitrogens is 3. The van der Waals surface area contributed by atoms with E-state index in [0.29, 0.717) is 17.5 Å². The maximum atomic E-state index is 6.31. The molecule has 4 nitrogen and oxygen atoms in total. The van der Waals surface area contributed by atoms with E-state index >= 15 is 0 Å². The van der Waals surface area contributed by atoms with E-state index in [2.05, 4.69) is 135 Å². The zero-order valence-corrected chi connectivity index (χ0v) is 29.9. The van der Waals surface area contributed by atoms with Crippen molar-refractivity contribution in [3.8, 4) is 56.4 Å². The molecule has 3 aromatic heterocycles. The first-order valence-electron chi connectivity index (χ1n) is 17.9. The van der Waals surface area contributed by atoms with Gasteiger partial charge >= 0.3 is 0 Å². The number of fused-ring (bicyclic) bond motifs is 9. The van der Waals surface area contributed by atoms with Crippen LogP contribution in [0.15, 0.2) is 156 Å². The minimum atomic E-state index is -0.188. The number of furan rings is 1. The van der Waals surface area contributed by atoms with E-state index in [0.717, 1.165) is 49.8 Å². The van der Waals surface area contributed by atoms with Crippen molar-refractivity contribution in [2.75, 3.05) is 0 Å². The van der Waals surface area contributed by atoms with E-state index in [4.69, 9.17) is 19.4 Å². The van der Waals surface area contributed by atoms with Crippen molar-refractivity contribution in [2.24, 2.45) is 0 Å². The summed E-state index contributed by atoms with van der Waals surface area (Å²) in [5.41, 5.74) is 12.0. The maximum absolute atomic E-state index is 6.31. The lowest BCUT2D eigenvalue weighted by Gasteiger charge is -2.22. The lowest BCUT2D eigenvalue weighted by molar-refractivity contribution is 0.647. The van der Waals surface area contributed by atoms with Crippen molar-refractivity contribution in [1.82, 2.24) is 15.0 Å². The van der Waals surface area contributed by atoms with Gasteiger partial charge in [-0.2, -0.15) is 0 Å². The fraction of sp³-hybridized carbons (Fsp3) is 0.0625. The van der Waals surface area contributed by atoms with Gasteiger partial charge in [0, 0.05) is 53.1 Å². The molecule has 7 aromatic carbocycles. The van der Waals surface area contributed by atoms with Crippen LogP contribution in [0, 0.1) is 0 Å². The Morgan fingerprint density at radius 1 is 0.434 bits per heavy atom. The molecule has 1 aliphatic carbocycles. The molecule has 0 aliphatic heterocycles. The molecule has 0 N–H and O–H groups in total. The second-order valence-corrected chi connectivity index (χ2v) is 15.5. The minimum absolute atomic E-state index is 0.188. The summed E-state index contributed by atoms with van der Waals surface area (Å²) in [4.78, 5) is 15.3. The normalized spacial score (nSPS) is 13.2. The van der Waals surface area contributed by atoms with Gasteiger partial charge < -0.3 is 4.42 Å². The van der Waals surface area contributed by atoms with Gasteiger partial charge in [0.15, 0.2) is 17.5 Å². The molecule has 0 fully saturated rings. The van der Waals surface area contributed by atoms with E-state index < -0.39 is 0 Å². The van der Waals surface area contributed by atoms with E-state index in [1.165, 1.54) is 42.4 Å². The quantitative estimate of drug-likeness (QED) is 0.184. The number of thiophene rings is 1. The number of rotatable bonds is 4. The predicted octanol–water partition coefficient (Wildman–Crippen LogP) is 13.1. The van der Waals surface area contributed by atoms with Crippen LogP contribution in [0.4, 0.5) is 0 Å². The molecule has 0 radical (unpaired) electrons. The summed E-state index contributed by atoms with van der Waals surface area (Å²) in [6, 6.07) is 53.6. The van der Waals surface area contributed by atoms with Crippen molar-refractivity contribution >= 4 is 53.4 Å². The number of para-hydroxylation sites is 1. The molecule has 250 valence electrons. The van der Waals surface area contributed by atoms with Gasteiger partial charge in [0.2, 0.25) is 0 Å². The van der Waals surface area contributed by atoms with Crippen LogP contribution in [-0.4, -0.2) is 15.0 Å². The van der Waals surface area contributed by atoms with Crippen molar-refractivity contribution in [2.45, 2.75) is 19.3 Å². The van der Waals surface area contributed by atoms with E-state index in [-0.39, 0.29) is 5.41 Å². The molecule has 3 heterocycles. The first-order valence-corrected chi connectivity index (χ1v) is 18.7. The first-order chi connectivity index (χ1) is 26.0. The third-order valence-corrected chi connectivity index (χ3v) is 12.2. The molecular formula is C48H31N3OS. The Kier molecular flexibility index (Phi) is 6.43. The maximum Gasteiger partial charge on any atom is 0.165 e. The Morgan fingerprint density at radius 3 is 1.98 bits per heavy atom. The average molecular weight is 698 g/mol. The minimum Gasteiger partial charge on any atom is -0.456 e. The summed E-state index contributed by atoms with van der Waals surface area (Å²) in [5.74, 6) is 1.98. The SMILES string of the molecule is CC1(C)c2cc(-c3cccc(-c4nc(-c5ccccc5)nc(-c5cccc6c5sc5ccccc56)n4)c3)ccc2-c2cc3c(cc21)oc1ccccc13. The lowest BCUT2D eigenvalue weighted by atomic mass is 9.81. The summed E-state index contributed by atoms with van der Waals surface area (Å²) in [6.45, 7) is 4.64. The highest BCUT2D eigenvalue weighted by Crippen LogP contribution is 2.52. The molecule has 10 aromatic rings. The van der Waals surface area contributed by atoms with Crippen molar-refractivity contribution in [3.05, 3.63) is 163 Å². The molecular weight excluding hydrogens is 667 g/mol. The summed E-state index contributed by atoms with van der Waals surface area (Å²) >= 11 is 1.79. The molecule has 1 aliphatic rings. The fourth-order valence-corrected chi connectivity index (χ4v) is 9.45. The Bertz CT molecular complexity index is 3100. The molecule has 53 heavy (non-hydrogen) atoms. The highest BCUT2D eigenvalue weighted by Gasteiger charge is 2.36. The van der Waals surface area contributed by atoms with Gasteiger partial charge in [-0.1, -0.05) is 123 Å². The third-order valence-electron chi connectivity index (χ3n) is 10.9. The van der Waals surface area contributed by atoms with Crippen LogP contribution in [0.5, 0.6) is 0 Å². The predicted molar refractivity (Wildman–Crippen MR) is 219 cm³/mol. The van der Waals surface area contributed by atoms with Crippen molar-refractivity contribution < 1.29 is 4.42 Å². The number of nitrogens with zero attached hydrogens (tertiary/aromatic N) is 3. The van der Waals surface area contributed by atoms with Gasteiger partial charge in [-0.25, -0.2) is 15.0 Å². The van der Waals surface area contributed by atoms with Gasteiger partial charge in [-0.15, -0.1) is 11.3 Å². The highest BCUT2D eigenvalue weighted by molar-refractivity contribution is 7.26. The molecule has 0 unspecified atom stereocenters. The van der Waals surface area contributed by atoms with Gasteiger partial charge in [0.05, 0.1) is 0 Å². The zero-order valence-electron chi connectivity index (χ0n) is 29.1. The van der Waals surface area contributed by atoms with Gasteiger partial charge in [0.1, 0.15) is 11.2 Å². The monoisotopic (exact) mass is 697 g/mol. The molecule has 0 saturated heterocycles. The van der Waals surface area contributed by atoms with Crippen LogP contribution >= 0.6 is 11.3 Å². The number of hydrogen-bond donors (Lipinski definition) is 0. The molecule has 5 heteroatoms. The fourth-order valence-electron chi connectivity index (χ4n) is 8.24. The van der Waals surface area contributed by atoms with E-state index in [1.807, 2.05) is 30.3 Å². The smallest absolute Gasteiger partial charge is 0.165 e. The van der Waals surface area contributed by atoms with Gasteiger partial charge in [-0.3, -0.25) is 0 Å². The second kappa shape index (κ2) is 11.3. The molecule has 0 bridgehead atoms. The summed E-state index contributed by atoms with van der Waals surface area (Å²) in [7, 11) is 0. The van der Waals surface area contributed by atoms with Gasteiger partial charge in [-0.05, 0) is 75.8 Å². The van der Waals surface area contributed by atoms with E-state index in [1.54, 1.807) is 11.3 Å². The summed E-state index contributed by atoms with van der Waals surface area (Å²) in [5, 5.41) is 4.79. The average Bonchev–Trinajstić information content (AvgIpc) is 3.84. The largest absolute Gasteiger partial charge is 0.456 e. The van der Waals surface area contributed by atoms with Crippen LogP contribution in [0.25, 0.3) is 98.5 Å². The van der Waals surface area contributed by atoms with Crippen LogP contribution < -0.4 is 0 Å². The molecule has 11 rings (SSSR count). The number of hydrogen-bond acceptors (Lipinski definition) is 5. The standard InChI is InChI=1S/C48H31N3OS/c1-48(2)39-25-30(22-23-32(39)37-26-38-33-16-6-8-20-41(33)52-42(38)27-40(37)48)29-14-10-15-31(24-29)46-49-45(28-12-4-3-5-13-28)50-47(51-46)36-19-11-18-35-34-17-7-9-21-43(34)53-44(35)36/h3-27H,1-2H3. The Hall–Kier alpha value is -6.43. The van der Waals surface area contributed by atoms with Crippen LogP contribution in [-0.2, 0) is 5.41 Å². The molecule has 0 amide bonds. The topological polar surface area (TPSA) is 51.8 Å². The highest BCUT2D eigenvalue weighted by atomic mass is 32.1. The van der Waals surface area contributed by atoms with Crippen LogP contribution in [0.2, 0.25) is 0 Å². The van der Waals surface area contributed by atoms with Crippen LogP contribution in [0.1, 0.15) is 25.0 Å². The number of benzene rings is 7. The second-order valence-electron chi connectivity index (χ2n) is 14.4. The van der Waals surface area contributed by atoms with Crippen LogP contribution in [0.3, 0.4) is 0 Å². The Morgan fingerprint density at radius 2 is 1.09 bits per heavy atom. The summed E-state index contributed by atoms with van der Waals surface area (Å²) in [6.07, 6.45) is 0. The van der Waals surface area contributed by atoms with Crippen molar-refractivity contribution in [3.63, 3.8) is 0 Å². The third kappa shape index (κ3) is 4.64. The van der Waals surface area contributed by atoms with E-state index in [9.17, 15) is 0 Å². The lowest BCUT2D eigenvalue weighted by Crippen LogP contribution is -2.15. The summed E-state index contributed by atoms with van der Waals surface area (Å²) < 4.78 is 8.75. The Balaban J connectivity index is 1.04.